The molecule has 10 rings (SSSR count). The average Bonchev–Trinajstić information content (AvgIpc) is 4.03. The Morgan fingerprint density at radius 2 is 0.698 bits per heavy atom. The quantitative estimate of drug-likeness (QED) is 0.136. The number of anilines is 2. The molecule has 53 heavy (non-hydrogen) atoms. The summed E-state index contributed by atoms with van der Waals surface area (Å²) in [6.07, 6.45) is 10.2. The molecule has 2 saturated carbocycles. The molecule has 8 atom stereocenters. The Kier molecular flexibility index (Phi) is 7.00. The summed E-state index contributed by atoms with van der Waals surface area (Å²) < 4.78 is 12.3. The number of fused-ring (bicyclic) bond motifs is 10. The normalized spacial score (nSPS) is 29.1. The van der Waals surface area contributed by atoms with Gasteiger partial charge in [0.15, 0.2) is 0 Å². The van der Waals surface area contributed by atoms with Crippen LogP contribution in [-0.2, 0) is 24.6 Å². The Morgan fingerprint density at radius 1 is 0.434 bits per heavy atom. The number of benzene rings is 4. The molecule has 4 bridgehead atoms. The molecule has 0 spiro atoms. The summed E-state index contributed by atoms with van der Waals surface area (Å²) in [5.74, 6) is 2.13. The number of nitrogens with zero attached hydrogens (tertiary/aromatic N) is 2. The van der Waals surface area contributed by atoms with E-state index in [-0.39, 0.29) is 76.4 Å². The Labute approximate surface area is 307 Å². The van der Waals surface area contributed by atoms with Crippen LogP contribution in [-0.4, -0.2) is 23.6 Å². The lowest BCUT2D eigenvalue weighted by atomic mass is 9.78. The van der Waals surface area contributed by atoms with Crippen molar-refractivity contribution < 1.29 is 28.7 Å². The molecule has 4 amide bonds. The monoisotopic (exact) mass is 702 g/mol. The minimum Gasteiger partial charge on any atom is -0.457 e. The van der Waals surface area contributed by atoms with Crippen molar-refractivity contribution in [2.24, 2.45) is 47.3 Å². The summed E-state index contributed by atoms with van der Waals surface area (Å²) in [5.41, 5.74) is 3.11. The summed E-state index contributed by atoms with van der Waals surface area (Å²) in [6.45, 7) is 4.34. The zero-order valence-corrected chi connectivity index (χ0v) is 29.4. The molecule has 0 unspecified atom stereocenters. The van der Waals surface area contributed by atoms with Crippen molar-refractivity contribution >= 4 is 35.0 Å². The fourth-order valence-corrected chi connectivity index (χ4v) is 9.96. The van der Waals surface area contributed by atoms with Crippen molar-refractivity contribution in [3.8, 4) is 23.0 Å². The number of carbonyl (C=O) groups excluding carboxylic acids is 4. The third kappa shape index (κ3) is 4.88. The summed E-state index contributed by atoms with van der Waals surface area (Å²) in [5, 5.41) is 0. The summed E-state index contributed by atoms with van der Waals surface area (Å²) in [4.78, 5) is 55.5. The zero-order valence-electron chi connectivity index (χ0n) is 29.4. The van der Waals surface area contributed by atoms with Crippen molar-refractivity contribution in [3.63, 3.8) is 0 Å². The number of hydrogen-bond acceptors (Lipinski definition) is 6. The topological polar surface area (TPSA) is 93.2 Å². The van der Waals surface area contributed by atoms with Gasteiger partial charge >= 0.3 is 0 Å². The fraction of sp³-hybridized carbons (Fsp3) is 0.289. The Bertz CT molecular complexity index is 2020. The van der Waals surface area contributed by atoms with Crippen molar-refractivity contribution in [3.05, 3.63) is 132 Å². The van der Waals surface area contributed by atoms with Crippen LogP contribution in [0.15, 0.2) is 121 Å². The zero-order chi connectivity index (χ0) is 36.2. The smallest absolute Gasteiger partial charge is 0.238 e. The molecule has 0 N–H and O–H groups in total. The maximum absolute atomic E-state index is 13.2. The van der Waals surface area contributed by atoms with Crippen molar-refractivity contribution in [2.75, 3.05) is 9.80 Å². The van der Waals surface area contributed by atoms with Crippen molar-refractivity contribution in [1.82, 2.24) is 0 Å². The summed E-state index contributed by atoms with van der Waals surface area (Å²) in [6, 6.07) is 30.3. The maximum atomic E-state index is 13.2. The van der Waals surface area contributed by atoms with Gasteiger partial charge in [0, 0.05) is 5.41 Å². The number of amides is 4. The van der Waals surface area contributed by atoms with E-state index in [1.54, 1.807) is 48.5 Å². The predicted molar refractivity (Wildman–Crippen MR) is 198 cm³/mol. The lowest BCUT2D eigenvalue weighted by Crippen LogP contribution is -2.32. The average molecular weight is 703 g/mol. The number of rotatable bonds is 8. The third-order valence-electron chi connectivity index (χ3n) is 12.8. The highest BCUT2D eigenvalue weighted by atomic mass is 16.5. The van der Waals surface area contributed by atoms with Crippen LogP contribution in [0.3, 0.4) is 0 Å². The molecular formula is C45H38N2O6. The van der Waals surface area contributed by atoms with Gasteiger partial charge in [-0.2, -0.15) is 0 Å². The number of imide groups is 2. The lowest BCUT2D eigenvalue weighted by molar-refractivity contribution is -0.124. The van der Waals surface area contributed by atoms with Crippen molar-refractivity contribution in [2.45, 2.75) is 32.1 Å². The van der Waals surface area contributed by atoms with E-state index in [9.17, 15) is 19.2 Å². The van der Waals surface area contributed by atoms with E-state index in [1.165, 1.54) is 9.80 Å². The summed E-state index contributed by atoms with van der Waals surface area (Å²) in [7, 11) is 0. The molecular weight excluding hydrogens is 665 g/mol. The SMILES string of the molecule is CC(C)(c1ccc(Oc2ccc(N3C(=O)[C@@H]4[C@@H](C3=O)[C@H]3C=C[C@@H]4C3)cc2)cc1)c1ccc(Oc2ccc(N3C(=O)[C@@H]4[C@H](C3=O)[C@H]3C=C[C@H]4C3)cc2)cc1. The molecule has 0 aromatic heterocycles. The second-order valence-corrected chi connectivity index (χ2v) is 15.9. The van der Waals surface area contributed by atoms with E-state index < -0.39 is 0 Å². The van der Waals surface area contributed by atoms with Crippen LogP contribution in [0.4, 0.5) is 11.4 Å². The highest BCUT2D eigenvalue weighted by Crippen LogP contribution is 2.54. The molecule has 264 valence electrons. The van der Waals surface area contributed by atoms with Gasteiger partial charge < -0.3 is 9.47 Å². The molecule has 2 heterocycles. The molecule has 2 saturated heterocycles. The van der Waals surface area contributed by atoms with Gasteiger partial charge in [-0.1, -0.05) is 62.4 Å². The Balaban J connectivity index is 0.768. The van der Waals surface area contributed by atoms with Gasteiger partial charge in [-0.25, -0.2) is 0 Å². The first-order valence-electron chi connectivity index (χ1n) is 18.5. The Morgan fingerprint density at radius 3 is 0.981 bits per heavy atom. The van der Waals surface area contributed by atoms with Crippen LogP contribution < -0.4 is 19.3 Å². The van der Waals surface area contributed by atoms with Gasteiger partial charge in [-0.15, -0.1) is 0 Å². The molecule has 4 aromatic rings. The minimum absolute atomic E-state index is 0.0845. The molecule has 4 aromatic carbocycles. The van der Waals surface area contributed by atoms with Crippen LogP contribution in [0.5, 0.6) is 23.0 Å². The standard InChI is InChI=1S/C45H38N2O6/c1-45(2,29-7-15-33(16-8-29)52-35-19-11-31(12-20-35)46-41(48)37-25-3-4-26(23-25)38(37)42(46)49)30-9-17-34(18-10-30)53-36-21-13-32(14-22-36)47-43(50)39-27-5-6-28(24-27)40(39)44(47)51/h3-22,25-28,37-40H,23-24H2,1-2H3/t25-,26-,27-,28+,37-,38+,39-,40-/m0/s1. The number of allylic oxidation sites excluding steroid dienone is 4. The second kappa shape index (κ2) is 11.6. The van der Waals surface area contributed by atoms with Crippen molar-refractivity contribution in [1.29, 1.82) is 0 Å². The van der Waals surface area contributed by atoms with E-state index in [2.05, 4.69) is 62.4 Å². The van der Waals surface area contributed by atoms with Gasteiger partial charge in [0.25, 0.3) is 0 Å². The van der Waals surface area contributed by atoms with E-state index in [1.807, 2.05) is 24.3 Å². The molecule has 4 fully saturated rings. The lowest BCUT2D eigenvalue weighted by Gasteiger charge is -2.26. The number of ether oxygens (including phenoxy) is 2. The van der Waals surface area contributed by atoms with E-state index >= 15 is 0 Å². The molecule has 8 nitrogen and oxygen atoms in total. The molecule has 6 aliphatic rings. The second-order valence-electron chi connectivity index (χ2n) is 15.9. The highest BCUT2D eigenvalue weighted by Gasteiger charge is 2.60. The van der Waals surface area contributed by atoms with E-state index in [0.717, 1.165) is 24.0 Å². The van der Waals surface area contributed by atoms with Gasteiger partial charge in [-0.05, 0) is 120 Å². The van der Waals surface area contributed by atoms with Crippen LogP contribution in [0.1, 0.15) is 37.8 Å². The maximum Gasteiger partial charge on any atom is 0.238 e. The first kappa shape index (κ1) is 31.9. The third-order valence-corrected chi connectivity index (χ3v) is 12.8. The van der Waals surface area contributed by atoms with Gasteiger partial charge in [0.05, 0.1) is 35.0 Å². The first-order valence-corrected chi connectivity index (χ1v) is 18.5. The first-order chi connectivity index (χ1) is 25.7. The minimum atomic E-state index is -0.301. The fourth-order valence-electron chi connectivity index (χ4n) is 9.96. The predicted octanol–water partition coefficient (Wildman–Crippen LogP) is 8.22. The number of carbonyl (C=O) groups is 4. The van der Waals surface area contributed by atoms with E-state index in [0.29, 0.717) is 34.4 Å². The van der Waals surface area contributed by atoms with Crippen LogP contribution in [0.2, 0.25) is 0 Å². The van der Waals surface area contributed by atoms with Gasteiger partial charge in [0.1, 0.15) is 23.0 Å². The van der Waals surface area contributed by atoms with Gasteiger partial charge in [0.2, 0.25) is 23.6 Å². The molecule has 0 radical (unpaired) electrons. The van der Waals surface area contributed by atoms with Crippen LogP contribution in [0, 0.1) is 47.3 Å². The highest BCUT2D eigenvalue weighted by molar-refractivity contribution is 6.23. The number of hydrogen-bond donors (Lipinski definition) is 0. The largest absolute Gasteiger partial charge is 0.457 e. The van der Waals surface area contributed by atoms with Crippen LogP contribution >= 0.6 is 0 Å². The molecule has 2 aliphatic heterocycles. The van der Waals surface area contributed by atoms with Gasteiger partial charge in [-0.3, -0.25) is 29.0 Å². The summed E-state index contributed by atoms with van der Waals surface area (Å²) >= 11 is 0. The van der Waals surface area contributed by atoms with E-state index in [4.69, 9.17) is 9.47 Å². The molecule has 8 heteroatoms. The van der Waals surface area contributed by atoms with Crippen LogP contribution in [0.25, 0.3) is 0 Å². The Hall–Kier alpha value is -5.76. The molecule has 4 aliphatic carbocycles.